The van der Waals surface area contributed by atoms with E-state index >= 15 is 0 Å². The fourth-order valence-electron chi connectivity index (χ4n) is 3.39. The topological polar surface area (TPSA) is 66.2 Å². The fraction of sp³-hybridized carbons (Fsp3) is 0.278. The third-order valence-corrected chi connectivity index (χ3v) is 5.52. The second-order valence-electron chi connectivity index (χ2n) is 6.58. The summed E-state index contributed by atoms with van der Waals surface area (Å²) in [6.45, 7) is 3.55. The number of aromatic nitrogens is 5. The fourth-order valence-corrected chi connectivity index (χ4v) is 3.61. The van der Waals surface area contributed by atoms with Crippen LogP contribution in [0, 0.1) is 19.7 Å². The summed E-state index contributed by atoms with van der Waals surface area (Å²) >= 11 is 6.08. The summed E-state index contributed by atoms with van der Waals surface area (Å²) in [6.07, 6.45) is 0. The molecule has 0 aliphatic rings. The van der Waals surface area contributed by atoms with Crippen molar-refractivity contribution >= 4 is 28.5 Å². The summed E-state index contributed by atoms with van der Waals surface area (Å²) in [5.74, 6) is -0.00417. The molecule has 27 heavy (non-hydrogen) atoms. The minimum Gasteiger partial charge on any atom is -0.317 e. The minimum absolute atomic E-state index is 0.0967. The van der Waals surface area contributed by atoms with Crippen molar-refractivity contribution in [1.82, 2.24) is 23.1 Å². The quantitative estimate of drug-likeness (QED) is 0.527. The molecule has 0 unspecified atom stereocenters. The molecule has 0 aliphatic carbocycles. The van der Waals surface area contributed by atoms with Gasteiger partial charge >= 0.3 is 5.69 Å². The molecular formula is C18H17ClFN5O2. The number of hydrogen-bond donors (Lipinski definition) is 0. The monoisotopic (exact) mass is 389 g/mol. The highest BCUT2D eigenvalue weighted by Crippen LogP contribution is 2.21. The van der Waals surface area contributed by atoms with Gasteiger partial charge < -0.3 is 4.57 Å². The van der Waals surface area contributed by atoms with Crippen molar-refractivity contribution in [2.75, 3.05) is 0 Å². The lowest BCUT2D eigenvalue weighted by Crippen LogP contribution is -2.40. The van der Waals surface area contributed by atoms with E-state index < -0.39 is 17.1 Å². The molecule has 0 amide bonds. The van der Waals surface area contributed by atoms with Gasteiger partial charge in [-0.1, -0.05) is 17.7 Å². The highest BCUT2D eigenvalue weighted by molar-refractivity contribution is 6.31. The van der Waals surface area contributed by atoms with Gasteiger partial charge in [-0.25, -0.2) is 9.18 Å². The maximum absolute atomic E-state index is 14.2. The van der Waals surface area contributed by atoms with Crippen LogP contribution < -0.4 is 11.2 Å². The first-order valence-corrected chi connectivity index (χ1v) is 8.68. The van der Waals surface area contributed by atoms with Crippen molar-refractivity contribution in [2.45, 2.75) is 20.4 Å². The molecule has 3 aromatic heterocycles. The Balaban J connectivity index is 2.11. The Bertz CT molecular complexity index is 1340. The molecule has 0 N–H and O–H groups in total. The maximum Gasteiger partial charge on any atom is 0.332 e. The molecule has 0 saturated carbocycles. The number of fused-ring (bicyclic) bond motifs is 3. The summed E-state index contributed by atoms with van der Waals surface area (Å²) in [7, 11) is 3.39. The first-order valence-electron chi connectivity index (χ1n) is 8.30. The van der Waals surface area contributed by atoms with Crippen molar-refractivity contribution in [3.8, 4) is 0 Å². The molecule has 3 heterocycles. The molecule has 0 saturated heterocycles. The average Bonchev–Trinajstić information content (AvgIpc) is 3.12. The van der Waals surface area contributed by atoms with Gasteiger partial charge in [0.05, 0.1) is 6.54 Å². The van der Waals surface area contributed by atoms with Gasteiger partial charge in [-0.15, -0.1) is 0 Å². The smallest absolute Gasteiger partial charge is 0.317 e. The maximum atomic E-state index is 14.2. The molecule has 4 aromatic rings. The summed E-state index contributed by atoms with van der Waals surface area (Å²) < 4.78 is 20.1. The predicted molar refractivity (Wildman–Crippen MR) is 101 cm³/mol. The zero-order valence-electron chi connectivity index (χ0n) is 15.2. The summed E-state index contributed by atoms with van der Waals surface area (Å²) in [6, 6.07) is 4.24. The number of imidazole rings is 2. The molecule has 0 aliphatic heterocycles. The number of rotatable bonds is 2. The molecular weight excluding hydrogens is 373 g/mol. The van der Waals surface area contributed by atoms with Gasteiger partial charge in [0.25, 0.3) is 5.56 Å². The number of aryl methyl sites for hydroxylation is 3. The summed E-state index contributed by atoms with van der Waals surface area (Å²) in [5.41, 5.74) is 1.35. The SMILES string of the molecule is Cc1c(C)n2c3c(=O)n(Cc4c(F)cccc4Cl)c(=O)n(C)c3nc2n1C. The molecule has 140 valence electrons. The van der Waals surface area contributed by atoms with Crippen LogP contribution in [0.2, 0.25) is 5.02 Å². The molecule has 1 aromatic carbocycles. The third kappa shape index (κ3) is 2.29. The van der Waals surface area contributed by atoms with E-state index in [0.717, 1.165) is 16.0 Å². The summed E-state index contributed by atoms with van der Waals surface area (Å²) in [4.78, 5) is 30.4. The number of halogens is 2. The molecule has 0 atom stereocenters. The average molecular weight is 390 g/mol. The lowest BCUT2D eigenvalue weighted by molar-refractivity contribution is 0.582. The van der Waals surface area contributed by atoms with E-state index in [4.69, 9.17) is 11.6 Å². The number of nitrogens with zero attached hydrogens (tertiary/aromatic N) is 5. The Labute approximate surface area is 157 Å². The van der Waals surface area contributed by atoms with Gasteiger partial charge in [0.2, 0.25) is 5.78 Å². The van der Waals surface area contributed by atoms with Gasteiger partial charge in [0.15, 0.2) is 11.2 Å². The lowest BCUT2D eigenvalue weighted by Gasteiger charge is -2.10. The van der Waals surface area contributed by atoms with E-state index in [0.29, 0.717) is 5.78 Å². The van der Waals surface area contributed by atoms with Crippen LogP contribution in [-0.2, 0) is 20.6 Å². The van der Waals surface area contributed by atoms with E-state index in [1.54, 1.807) is 4.40 Å². The van der Waals surface area contributed by atoms with Gasteiger partial charge in [-0.3, -0.25) is 18.3 Å². The van der Waals surface area contributed by atoms with E-state index in [1.165, 1.54) is 29.8 Å². The van der Waals surface area contributed by atoms with Crippen LogP contribution in [0.15, 0.2) is 27.8 Å². The number of hydrogen-bond acceptors (Lipinski definition) is 3. The van der Waals surface area contributed by atoms with E-state index in [2.05, 4.69) is 4.98 Å². The van der Waals surface area contributed by atoms with E-state index in [9.17, 15) is 14.0 Å². The molecule has 0 bridgehead atoms. The van der Waals surface area contributed by atoms with E-state index in [-0.39, 0.29) is 28.3 Å². The van der Waals surface area contributed by atoms with Crippen molar-refractivity contribution in [3.05, 3.63) is 66.8 Å². The Morgan fingerprint density at radius 2 is 1.81 bits per heavy atom. The Kier molecular flexibility index (Phi) is 3.78. The molecule has 4 rings (SSSR count). The Morgan fingerprint density at radius 1 is 1.11 bits per heavy atom. The molecule has 9 heteroatoms. The number of benzene rings is 1. The van der Waals surface area contributed by atoms with Gasteiger partial charge in [0, 0.05) is 36.1 Å². The third-order valence-electron chi connectivity index (χ3n) is 5.16. The zero-order chi connectivity index (χ0) is 19.6. The van der Waals surface area contributed by atoms with Crippen molar-refractivity contribution < 1.29 is 4.39 Å². The van der Waals surface area contributed by atoms with Gasteiger partial charge in [-0.2, -0.15) is 4.98 Å². The highest BCUT2D eigenvalue weighted by Gasteiger charge is 2.22. The van der Waals surface area contributed by atoms with Crippen LogP contribution in [-0.4, -0.2) is 23.1 Å². The predicted octanol–water partition coefficient (Wildman–Crippen LogP) is 2.14. The zero-order valence-corrected chi connectivity index (χ0v) is 16.0. The first-order chi connectivity index (χ1) is 12.7. The minimum atomic E-state index is -0.579. The first kappa shape index (κ1) is 17.5. The molecule has 7 nitrogen and oxygen atoms in total. The van der Waals surface area contributed by atoms with Crippen LogP contribution in [0.1, 0.15) is 17.0 Å². The molecule has 0 spiro atoms. The van der Waals surface area contributed by atoms with Crippen LogP contribution >= 0.6 is 11.6 Å². The largest absolute Gasteiger partial charge is 0.332 e. The second-order valence-corrected chi connectivity index (χ2v) is 6.99. The van der Waals surface area contributed by atoms with Gasteiger partial charge in [-0.05, 0) is 26.0 Å². The van der Waals surface area contributed by atoms with Crippen LogP contribution in [0.5, 0.6) is 0 Å². The normalized spacial score (nSPS) is 11.8. The second kappa shape index (κ2) is 5.82. The van der Waals surface area contributed by atoms with Crippen LogP contribution in [0.4, 0.5) is 4.39 Å². The van der Waals surface area contributed by atoms with Crippen molar-refractivity contribution in [2.24, 2.45) is 14.1 Å². The Morgan fingerprint density at radius 3 is 2.48 bits per heavy atom. The lowest BCUT2D eigenvalue weighted by atomic mass is 10.2. The van der Waals surface area contributed by atoms with Crippen molar-refractivity contribution in [3.63, 3.8) is 0 Å². The Hall–Kier alpha value is -2.87. The molecule has 0 fully saturated rings. The summed E-state index contributed by atoms with van der Waals surface area (Å²) in [5, 5.41) is 0.161. The van der Waals surface area contributed by atoms with E-state index in [1.807, 2.05) is 25.5 Å². The highest BCUT2D eigenvalue weighted by atomic mass is 35.5. The van der Waals surface area contributed by atoms with Crippen molar-refractivity contribution in [1.29, 1.82) is 0 Å². The molecule has 0 radical (unpaired) electrons. The van der Waals surface area contributed by atoms with Crippen LogP contribution in [0.3, 0.4) is 0 Å². The van der Waals surface area contributed by atoms with Crippen LogP contribution in [0.25, 0.3) is 16.9 Å². The standard InChI is InChI=1S/C18H17ClFN5O2/c1-9-10(2)25-14-15(21-17(25)22(9)3)23(4)18(27)24(16(14)26)8-11-12(19)6-5-7-13(11)20/h5-7H,8H2,1-4H3. The van der Waals surface area contributed by atoms with Gasteiger partial charge in [0.1, 0.15) is 5.82 Å².